The molecular formula is C19H23NO2. The van der Waals surface area contributed by atoms with Crippen LogP contribution in [0.5, 0.6) is 5.75 Å². The third-order valence-electron chi connectivity index (χ3n) is 3.54. The summed E-state index contributed by atoms with van der Waals surface area (Å²) in [6.07, 6.45) is 1.97. The van der Waals surface area contributed by atoms with Crippen molar-refractivity contribution in [1.29, 1.82) is 0 Å². The van der Waals surface area contributed by atoms with Crippen molar-refractivity contribution in [2.24, 2.45) is 0 Å². The second-order valence-corrected chi connectivity index (χ2v) is 5.26. The first-order valence-electron chi connectivity index (χ1n) is 7.75. The molecule has 0 bridgehead atoms. The maximum atomic E-state index is 11.2. The fraction of sp³-hybridized carbons (Fsp3) is 0.316. The second kappa shape index (κ2) is 8.23. The first-order valence-corrected chi connectivity index (χ1v) is 7.75. The van der Waals surface area contributed by atoms with E-state index in [4.69, 9.17) is 4.74 Å². The molecular weight excluding hydrogens is 274 g/mol. The Morgan fingerprint density at radius 3 is 2.32 bits per heavy atom. The lowest BCUT2D eigenvalue weighted by atomic mass is 10.1. The van der Waals surface area contributed by atoms with Gasteiger partial charge in [0, 0.05) is 17.8 Å². The van der Waals surface area contributed by atoms with Crippen LogP contribution < -0.4 is 10.1 Å². The van der Waals surface area contributed by atoms with E-state index in [2.05, 4.69) is 24.4 Å². The van der Waals surface area contributed by atoms with Gasteiger partial charge in [-0.15, -0.1) is 0 Å². The SMILES string of the molecule is CCc1ccc(OCCCNc2ccc(C(C)=O)cc2)cc1. The Bertz CT molecular complexity index is 588. The molecule has 0 fully saturated rings. The summed E-state index contributed by atoms with van der Waals surface area (Å²) in [6, 6.07) is 15.8. The number of carbonyl (C=O) groups excluding carboxylic acids is 1. The summed E-state index contributed by atoms with van der Waals surface area (Å²) in [7, 11) is 0. The van der Waals surface area contributed by atoms with Crippen molar-refractivity contribution in [2.75, 3.05) is 18.5 Å². The normalized spacial score (nSPS) is 10.3. The lowest BCUT2D eigenvalue weighted by Crippen LogP contribution is -2.07. The van der Waals surface area contributed by atoms with Crippen LogP contribution in [0, 0.1) is 0 Å². The Labute approximate surface area is 132 Å². The van der Waals surface area contributed by atoms with Gasteiger partial charge in [-0.1, -0.05) is 19.1 Å². The van der Waals surface area contributed by atoms with Gasteiger partial charge in [0.05, 0.1) is 6.61 Å². The zero-order valence-corrected chi connectivity index (χ0v) is 13.3. The van der Waals surface area contributed by atoms with Crippen LogP contribution >= 0.6 is 0 Å². The van der Waals surface area contributed by atoms with E-state index in [9.17, 15) is 4.79 Å². The molecule has 0 spiro atoms. The molecule has 0 aromatic heterocycles. The van der Waals surface area contributed by atoms with E-state index < -0.39 is 0 Å². The molecule has 0 radical (unpaired) electrons. The van der Waals surface area contributed by atoms with E-state index in [-0.39, 0.29) is 5.78 Å². The van der Waals surface area contributed by atoms with Crippen LogP contribution in [0.4, 0.5) is 5.69 Å². The zero-order valence-electron chi connectivity index (χ0n) is 13.3. The predicted octanol–water partition coefficient (Wildman–Crippen LogP) is 4.33. The molecule has 116 valence electrons. The van der Waals surface area contributed by atoms with Crippen molar-refractivity contribution in [1.82, 2.24) is 0 Å². The highest BCUT2D eigenvalue weighted by Crippen LogP contribution is 2.13. The van der Waals surface area contributed by atoms with Gasteiger partial charge >= 0.3 is 0 Å². The second-order valence-electron chi connectivity index (χ2n) is 5.26. The van der Waals surface area contributed by atoms with Gasteiger partial charge in [-0.2, -0.15) is 0 Å². The highest BCUT2D eigenvalue weighted by atomic mass is 16.5. The summed E-state index contributed by atoms with van der Waals surface area (Å²) < 4.78 is 5.71. The fourth-order valence-corrected chi connectivity index (χ4v) is 2.14. The van der Waals surface area contributed by atoms with Gasteiger partial charge in [0.2, 0.25) is 0 Å². The smallest absolute Gasteiger partial charge is 0.159 e. The number of nitrogens with one attached hydrogen (secondary N) is 1. The molecule has 0 unspecified atom stereocenters. The third kappa shape index (κ3) is 4.92. The van der Waals surface area contributed by atoms with Crippen molar-refractivity contribution < 1.29 is 9.53 Å². The molecule has 0 saturated heterocycles. The molecule has 0 atom stereocenters. The minimum absolute atomic E-state index is 0.0917. The van der Waals surface area contributed by atoms with Gasteiger partial charge in [0.25, 0.3) is 0 Å². The quantitative estimate of drug-likeness (QED) is 0.582. The highest BCUT2D eigenvalue weighted by molar-refractivity contribution is 5.94. The number of anilines is 1. The van der Waals surface area contributed by atoms with E-state index in [0.717, 1.165) is 36.4 Å². The van der Waals surface area contributed by atoms with E-state index in [1.807, 2.05) is 36.4 Å². The van der Waals surface area contributed by atoms with Gasteiger partial charge in [0.1, 0.15) is 5.75 Å². The Morgan fingerprint density at radius 2 is 1.73 bits per heavy atom. The topological polar surface area (TPSA) is 38.3 Å². The molecule has 0 heterocycles. The van der Waals surface area contributed by atoms with E-state index in [1.54, 1.807) is 6.92 Å². The van der Waals surface area contributed by atoms with Crippen molar-refractivity contribution in [3.63, 3.8) is 0 Å². The first kappa shape index (κ1) is 16.1. The number of hydrogen-bond acceptors (Lipinski definition) is 3. The molecule has 0 amide bonds. The number of rotatable bonds is 8. The van der Waals surface area contributed by atoms with Gasteiger partial charge in [0.15, 0.2) is 5.78 Å². The molecule has 1 N–H and O–H groups in total. The molecule has 0 aliphatic heterocycles. The van der Waals surface area contributed by atoms with E-state index in [1.165, 1.54) is 5.56 Å². The number of Topliss-reactive ketones (excluding diaryl/α,β-unsaturated/α-hetero) is 1. The number of hydrogen-bond donors (Lipinski definition) is 1. The molecule has 2 rings (SSSR count). The predicted molar refractivity (Wildman–Crippen MR) is 90.9 cm³/mol. The maximum Gasteiger partial charge on any atom is 0.159 e. The number of ketones is 1. The summed E-state index contributed by atoms with van der Waals surface area (Å²) >= 11 is 0. The van der Waals surface area contributed by atoms with Crippen molar-refractivity contribution in [3.05, 3.63) is 59.7 Å². The van der Waals surface area contributed by atoms with Gasteiger partial charge < -0.3 is 10.1 Å². The Morgan fingerprint density at radius 1 is 1.05 bits per heavy atom. The highest BCUT2D eigenvalue weighted by Gasteiger charge is 1.99. The van der Waals surface area contributed by atoms with E-state index >= 15 is 0 Å². The van der Waals surface area contributed by atoms with Crippen LogP contribution in [0.3, 0.4) is 0 Å². The third-order valence-corrected chi connectivity index (χ3v) is 3.54. The Hall–Kier alpha value is -2.29. The monoisotopic (exact) mass is 297 g/mol. The van der Waals surface area contributed by atoms with Gasteiger partial charge in [-0.25, -0.2) is 0 Å². The van der Waals surface area contributed by atoms with E-state index in [0.29, 0.717) is 6.61 Å². The molecule has 0 saturated carbocycles. The standard InChI is InChI=1S/C19H23NO2/c1-3-16-5-11-19(12-6-16)22-14-4-13-20-18-9-7-17(8-10-18)15(2)21/h5-12,20H,3-4,13-14H2,1-2H3. The fourth-order valence-electron chi connectivity index (χ4n) is 2.14. The molecule has 3 heteroatoms. The van der Waals surface area contributed by atoms with Gasteiger partial charge in [-0.05, 0) is 61.7 Å². The largest absolute Gasteiger partial charge is 0.494 e. The zero-order chi connectivity index (χ0) is 15.8. The van der Waals surface area contributed by atoms with Crippen molar-refractivity contribution >= 4 is 11.5 Å². The van der Waals surface area contributed by atoms with Gasteiger partial charge in [-0.3, -0.25) is 4.79 Å². The van der Waals surface area contributed by atoms with Crippen LogP contribution in [0.15, 0.2) is 48.5 Å². The number of carbonyl (C=O) groups is 1. The minimum atomic E-state index is 0.0917. The molecule has 3 nitrogen and oxygen atoms in total. The summed E-state index contributed by atoms with van der Waals surface area (Å²) in [5.74, 6) is 1.01. The molecule has 0 aliphatic rings. The lowest BCUT2D eigenvalue weighted by Gasteiger charge is -2.09. The van der Waals surface area contributed by atoms with Crippen molar-refractivity contribution in [2.45, 2.75) is 26.7 Å². The Balaban J connectivity index is 1.67. The van der Waals surface area contributed by atoms with Crippen LogP contribution in [0.1, 0.15) is 36.2 Å². The number of aryl methyl sites for hydroxylation is 1. The summed E-state index contributed by atoms with van der Waals surface area (Å²) in [6.45, 7) is 5.24. The number of ether oxygens (including phenoxy) is 1. The maximum absolute atomic E-state index is 11.2. The lowest BCUT2D eigenvalue weighted by molar-refractivity contribution is 0.101. The summed E-state index contributed by atoms with van der Waals surface area (Å²) in [5.41, 5.74) is 3.09. The molecule has 2 aromatic rings. The molecule has 2 aromatic carbocycles. The summed E-state index contributed by atoms with van der Waals surface area (Å²) in [5, 5.41) is 3.32. The minimum Gasteiger partial charge on any atom is -0.494 e. The van der Waals surface area contributed by atoms with Crippen LogP contribution in [0.25, 0.3) is 0 Å². The molecule has 0 aliphatic carbocycles. The molecule has 22 heavy (non-hydrogen) atoms. The average Bonchev–Trinajstić information content (AvgIpc) is 2.55. The Kier molecular flexibility index (Phi) is 6.01. The van der Waals surface area contributed by atoms with Crippen molar-refractivity contribution in [3.8, 4) is 5.75 Å². The average molecular weight is 297 g/mol. The van der Waals surface area contributed by atoms with Crippen LogP contribution in [-0.2, 0) is 6.42 Å². The number of benzene rings is 2. The first-order chi connectivity index (χ1) is 10.7. The summed E-state index contributed by atoms with van der Waals surface area (Å²) in [4.78, 5) is 11.2. The van der Waals surface area contributed by atoms with Crippen LogP contribution in [-0.4, -0.2) is 18.9 Å². The van der Waals surface area contributed by atoms with Crippen LogP contribution in [0.2, 0.25) is 0 Å².